The summed E-state index contributed by atoms with van der Waals surface area (Å²) < 4.78 is 37.1. The van der Waals surface area contributed by atoms with Crippen molar-refractivity contribution >= 4 is 5.91 Å². The standard InChI is InChI=1S/C11H11F3NO2/c12-11(13,14)9-4-1-3-8(7-9)10(17)15-5-2-6-16/h1,3-4,7H,2,5-6H2,(H,15,17). The van der Waals surface area contributed by atoms with Crippen molar-refractivity contribution in [3.63, 3.8) is 0 Å². The molecule has 6 heteroatoms. The van der Waals surface area contributed by atoms with Crippen LogP contribution in [0.2, 0.25) is 0 Å². The fraction of sp³-hybridized carbons (Fsp3) is 0.364. The molecule has 1 aromatic rings. The summed E-state index contributed by atoms with van der Waals surface area (Å²) in [5.41, 5.74) is -0.931. The molecule has 0 saturated heterocycles. The second-order valence-corrected chi connectivity index (χ2v) is 3.39. The zero-order valence-electron chi connectivity index (χ0n) is 8.88. The van der Waals surface area contributed by atoms with Gasteiger partial charge in [-0.25, -0.2) is 5.11 Å². The number of hydrogen-bond acceptors (Lipinski definition) is 1. The molecule has 0 aliphatic rings. The summed E-state index contributed by atoms with van der Waals surface area (Å²) in [5, 5.41) is 12.5. The van der Waals surface area contributed by atoms with Crippen LogP contribution in [-0.2, 0) is 11.3 Å². The van der Waals surface area contributed by atoms with Gasteiger partial charge < -0.3 is 5.32 Å². The Morgan fingerprint density at radius 1 is 1.29 bits per heavy atom. The first-order valence-corrected chi connectivity index (χ1v) is 4.98. The summed E-state index contributed by atoms with van der Waals surface area (Å²) in [6.45, 7) is -0.165. The van der Waals surface area contributed by atoms with Gasteiger partial charge in [-0.15, -0.1) is 0 Å². The molecule has 1 N–H and O–H groups in total. The highest BCUT2D eigenvalue weighted by Gasteiger charge is 2.30. The van der Waals surface area contributed by atoms with Crippen molar-refractivity contribution in [2.24, 2.45) is 0 Å². The van der Waals surface area contributed by atoms with E-state index in [0.717, 1.165) is 12.1 Å². The summed E-state index contributed by atoms with van der Waals surface area (Å²) >= 11 is 0. The average Bonchev–Trinajstić information content (AvgIpc) is 2.28. The second kappa shape index (κ2) is 5.67. The fourth-order valence-corrected chi connectivity index (χ4v) is 1.21. The molecule has 0 aliphatic carbocycles. The smallest absolute Gasteiger partial charge is 0.352 e. The molecule has 0 atom stereocenters. The third-order valence-electron chi connectivity index (χ3n) is 2.06. The predicted octanol–water partition coefficient (Wildman–Crippen LogP) is 2.26. The largest absolute Gasteiger partial charge is 0.416 e. The molecule has 0 unspecified atom stereocenters. The Balaban J connectivity index is 2.74. The van der Waals surface area contributed by atoms with E-state index in [4.69, 9.17) is 0 Å². The van der Waals surface area contributed by atoms with E-state index in [2.05, 4.69) is 5.32 Å². The van der Waals surface area contributed by atoms with Gasteiger partial charge in [0, 0.05) is 12.1 Å². The van der Waals surface area contributed by atoms with E-state index >= 15 is 0 Å². The van der Waals surface area contributed by atoms with E-state index in [-0.39, 0.29) is 25.1 Å². The Hall–Kier alpha value is -1.56. The third-order valence-corrected chi connectivity index (χ3v) is 2.06. The van der Waals surface area contributed by atoms with Crippen LogP contribution in [0, 0.1) is 0 Å². The lowest BCUT2D eigenvalue weighted by Crippen LogP contribution is -2.25. The first-order chi connectivity index (χ1) is 7.95. The molecule has 17 heavy (non-hydrogen) atoms. The van der Waals surface area contributed by atoms with Gasteiger partial charge in [0.1, 0.15) is 0 Å². The zero-order valence-corrected chi connectivity index (χ0v) is 8.88. The third kappa shape index (κ3) is 4.07. The molecule has 1 rings (SSSR count). The number of alkyl halides is 3. The lowest BCUT2D eigenvalue weighted by Gasteiger charge is -2.08. The van der Waals surface area contributed by atoms with E-state index in [1.807, 2.05) is 0 Å². The van der Waals surface area contributed by atoms with E-state index in [1.54, 1.807) is 0 Å². The van der Waals surface area contributed by atoms with Crippen molar-refractivity contribution in [2.45, 2.75) is 12.6 Å². The number of carbonyl (C=O) groups is 1. The maximum atomic E-state index is 12.4. The monoisotopic (exact) mass is 246 g/mol. The molecule has 0 aromatic heterocycles. The summed E-state index contributed by atoms with van der Waals surface area (Å²) in [6.07, 6.45) is -4.21. The fourth-order valence-electron chi connectivity index (χ4n) is 1.21. The van der Waals surface area contributed by atoms with E-state index < -0.39 is 17.6 Å². The molecule has 0 spiro atoms. The van der Waals surface area contributed by atoms with E-state index in [0.29, 0.717) is 0 Å². The highest BCUT2D eigenvalue weighted by atomic mass is 19.4. The van der Waals surface area contributed by atoms with Gasteiger partial charge in [0.15, 0.2) is 0 Å². The molecule has 93 valence electrons. The maximum Gasteiger partial charge on any atom is 0.416 e. The van der Waals surface area contributed by atoms with Crippen LogP contribution in [0.1, 0.15) is 22.3 Å². The van der Waals surface area contributed by atoms with Crippen LogP contribution in [0.4, 0.5) is 13.2 Å². The number of carbonyl (C=O) groups excluding carboxylic acids is 1. The van der Waals surface area contributed by atoms with Crippen molar-refractivity contribution < 1.29 is 23.1 Å². The van der Waals surface area contributed by atoms with Crippen LogP contribution >= 0.6 is 0 Å². The van der Waals surface area contributed by atoms with Crippen LogP contribution in [-0.4, -0.2) is 19.1 Å². The Morgan fingerprint density at radius 3 is 2.59 bits per heavy atom. The maximum absolute atomic E-state index is 12.4. The summed E-state index contributed by atoms with van der Waals surface area (Å²) in [6, 6.07) is 4.15. The second-order valence-electron chi connectivity index (χ2n) is 3.39. The Bertz CT molecular complexity index is 391. The van der Waals surface area contributed by atoms with Gasteiger partial charge >= 0.3 is 6.18 Å². The number of halogens is 3. The first-order valence-electron chi connectivity index (χ1n) is 4.98. The number of hydrogen-bond donors (Lipinski definition) is 1. The van der Waals surface area contributed by atoms with Gasteiger partial charge in [-0.2, -0.15) is 13.2 Å². The summed E-state index contributed by atoms with van der Waals surface area (Å²) in [4.78, 5) is 11.4. The normalized spacial score (nSPS) is 11.3. The number of nitrogens with one attached hydrogen (secondary N) is 1. The lowest BCUT2D eigenvalue weighted by molar-refractivity contribution is -0.137. The van der Waals surface area contributed by atoms with Crippen molar-refractivity contribution in [3.05, 3.63) is 35.4 Å². The highest BCUT2D eigenvalue weighted by molar-refractivity contribution is 5.94. The molecule has 0 fully saturated rings. The van der Waals surface area contributed by atoms with Crippen LogP contribution in [0.5, 0.6) is 0 Å². The molecule has 0 bridgehead atoms. The Labute approximate surface area is 96.3 Å². The van der Waals surface area contributed by atoms with Crippen molar-refractivity contribution in [1.29, 1.82) is 0 Å². The lowest BCUT2D eigenvalue weighted by atomic mass is 10.1. The predicted molar refractivity (Wildman–Crippen MR) is 53.9 cm³/mol. The SMILES string of the molecule is [O]CCCNC(=O)c1cccc(C(F)(F)F)c1. The summed E-state index contributed by atoms with van der Waals surface area (Å²) in [7, 11) is 0. The van der Waals surface area contributed by atoms with Crippen LogP contribution in [0.25, 0.3) is 0 Å². The number of rotatable bonds is 4. The molecular formula is C11H11F3NO2. The number of amides is 1. The molecular weight excluding hydrogens is 235 g/mol. The average molecular weight is 246 g/mol. The van der Waals surface area contributed by atoms with Crippen LogP contribution in [0.3, 0.4) is 0 Å². The molecule has 3 nitrogen and oxygen atoms in total. The van der Waals surface area contributed by atoms with Crippen molar-refractivity contribution in [3.8, 4) is 0 Å². The van der Waals surface area contributed by atoms with Gasteiger partial charge in [0.25, 0.3) is 5.91 Å². The van der Waals surface area contributed by atoms with E-state index in [1.165, 1.54) is 12.1 Å². The van der Waals surface area contributed by atoms with Crippen molar-refractivity contribution in [1.82, 2.24) is 5.32 Å². The van der Waals surface area contributed by atoms with Crippen LogP contribution in [0.15, 0.2) is 24.3 Å². The van der Waals surface area contributed by atoms with Gasteiger partial charge in [-0.05, 0) is 24.6 Å². The first kappa shape index (κ1) is 13.5. The molecule has 1 amide bonds. The van der Waals surface area contributed by atoms with Gasteiger partial charge in [-0.1, -0.05) is 6.07 Å². The van der Waals surface area contributed by atoms with Gasteiger partial charge in [0.2, 0.25) is 0 Å². The summed E-state index contributed by atoms with van der Waals surface area (Å²) in [5.74, 6) is -0.607. The van der Waals surface area contributed by atoms with Crippen molar-refractivity contribution in [2.75, 3.05) is 13.2 Å². The highest BCUT2D eigenvalue weighted by Crippen LogP contribution is 2.29. The minimum absolute atomic E-state index is 0.0641. The molecule has 0 aliphatic heterocycles. The number of benzene rings is 1. The Kier molecular flexibility index (Phi) is 4.51. The molecule has 0 saturated carbocycles. The topological polar surface area (TPSA) is 49.0 Å². The van der Waals surface area contributed by atoms with Gasteiger partial charge in [-0.3, -0.25) is 4.79 Å². The molecule has 0 heterocycles. The minimum atomic E-state index is -4.47. The van der Waals surface area contributed by atoms with Gasteiger partial charge in [0.05, 0.1) is 12.2 Å². The minimum Gasteiger partial charge on any atom is -0.352 e. The molecule has 1 aromatic carbocycles. The van der Waals surface area contributed by atoms with E-state index in [9.17, 15) is 23.1 Å². The quantitative estimate of drug-likeness (QED) is 0.814. The Morgan fingerprint density at radius 2 is 2.00 bits per heavy atom. The zero-order chi connectivity index (χ0) is 12.9. The molecule has 1 radical (unpaired) electrons. The van der Waals surface area contributed by atoms with Crippen LogP contribution < -0.4 is 5.32 Å².